The summed E-state index contributed by atoms with van der Waals surface area (Å²) in [6.45, 7) is 2.76. The monoisotopic (exact) mass is 426 g/mol. The number of likely N-dealkylation sites (N-methyl/N-ethyl adjacent to an activating group) is 1. The average molecular weight is 427 g/mol. The Bertz CT molecular complexity index is 468. The number of esters is 1. The number of hydrogen-bond donors (Lipinski definition) is 1. The molecule has 5 nitrogen and oxygen atoms in total. The van der Waals surface area contributed by atoms with Gasteiger partial charge in [0, 0.05) is 6.42 Å². The summed E-state index contributed by atoms with van der Waals surface area (Å²) >= 11 is 0. The van der Waals surface area contributed by atoms with Crippen LogP contribution in [0.25, 0.3) is 0 Å². The highest BCUT2D eigenvalue weighted by molar-refractivity contribution is 5.71. The molecule has 0 aliphatic carbocycles. The molecule has 176 valence electrons. The molecule has 0 fully saturated rings. The SMILES string of the molecule is CCCCCCCCC=CCCCCCCCC(=O)O[C@H](CC(=O)O)C[N+](C)(C)C. The minimum absolute atomic E-state index is 0.131. The van der Waals surface area contributed by atoms with Gasteiger partial charge in [0.1, 0.15) is 6.54 Å². The zero-order valence-corrected chi connectivity index (χ0v) is 20.2. The predicted octanol–water partition coefficient (Wildman–Crippen LogP) is 6.12. The fraction of sp³-hybridized carbons (Fsp3) is 0.840. The van der Waals surface area contributed by atoms with Crippen LogP contribution < -0.4 is 0 Å². The number of quaternary nitrogens is 1. The topological polar surface area (TPSA) is 63.6 Å². The van der Waals surface area contributed by atoms with E-state index in [4.69, 9.17) is 9.84 Å². The summed E-state index contributed by atoms with van der Waals surface area (Å²) in [6.07, 6.45) is 20.2. The lowest BCUT2D eigenvalue weighted by molar-refractivity contribution is -0.873. The van der Waals surface area contributed by atoms with Crippen LogP contribution in [0.3, 0.4) is 0 Å². The fourth-order valence-electron chi connectivity index (χ4n) is 3.53. The van der Waals surface area contributed by atoms with E-state index < -0.39 is 12.1 Å². The van der Waals surface area contributed by atoms with Crippen LogP contribution in [-0.2, 0) is 14.3 Å². The van der Waals surface area contributed by atoms with Crippen molar-refractivity contribution in [3.8, 4) is 0 Å². The molecular weight excluding hydrogens is 378 g/mol. The first-order chi connectivity index (χ1) is 14.2. The van der Waals surface area contributed by atoms with Crippen LogP contribution in [0.5, 0.6) is 0 Å². The van der Waals surface area contributed by atoms with Crippen LogP contribution in [0.2, 0.25) is 0 Å². The molecule has 0 radical (unpaired) electrons. The van der Waals surface area contributed by atoms with Crippen LogP contribution in [-0.4, -0.2) is 55.3 Å². The Labute approximate surface area is 185 Å². The minimum Gasteiger partial charge on any atom is -0.481 e. The Balaban J connectivity index is 3.65. The van der Waals surface area contributed by atoms with Crippen molar-refractivity contribution in [1.29, 1.82) is 0 Å². The number of carbonyl (C=O) groups excluding carboxylic acids is 1. The second kappa shape index (κ2) is 18.4. The Kier molecular flexibility index (Phi) is 17.6. The molecule has 0 aliphatic rings. The molecular formula is C25H48NO4+. The van der Waals surface area contributed by atoms with Crippen molar-refractivity contribution in [2.75, 3.05) is 27.7 Å². The van der Waals surface area contributed by atoms with Gasteiger partial charge in [-0.05, 0) is 32.1 Å². The standard InChI is InChI=1S/C25H47NO4/c1-5-6-7-8-9-10-11-12-13-14-15-16-17-18-19-20-25(29)30-23(21-24(27)28)22-26(2,3)4/h12-13,23H,5-11,14-22H2,1-4H3/p+1/t23-/m1/s1. The quantitative estimate of drug-likeness (QED) is 0.110. The molecule has 0 saturated carbocycles. The normalized spacial score (nSPS) is 12.9. The van der Waals surface area contributed by atoms with Crippen molar-refractivity contribution in [1.82, 2.24) is 0 Å². The van der Waals surface area contributed by atoms with Crippen LogP contribution in [0.4, 0.5) is 0 Å². The molecule has 5 heteroatoms. The Morgan fingerprint density at radius 2 is 1.33 bits per heavy atom. The molecule has 0 saturated heterocycles. The van der Waals surface area contributed by atoms with Crippen molar-refractivity contribution in [2.45, 2.75) is 109 Å². The number of carboxylic acid groups (broad SMARTS) is 1. The van der Waals surface area contributed by atoms with E-state index in [0.29, 0.717) is 17.4 Å². The molecule has 0 spiro atoms. The number of unbranched alkanes of at least 4 members (excludes halogenated alkanes) is 11. The summed E-state index contributed by atoms with van der Waals surface area (Å²) in [7, 11) is 5.89. The van der Waals surface area contributed by atoms with Gasteiger partial charge in [-0.3, -0.25) is 9.59 Å². The number of allylic oxidation sites excluding steroid dienone is 2. The van der Waals surface area contributed by atoms with E-state index in [0.717, 1.165) is 25.7 Å². The molecule has 0 aromatic rings. The molecule has 0 aromatic carbocycles. The van der Waals surface area contributed by atoms with E-state index in [-0.39, 0.29) is 12.4 Å². The molecule has 0 amide bonds. The zero-order valence-electron chi connectivity index (χ0n) is 20.2. The van der Waals surface area contributed by atoms with E-state index in [1.54, 1.807) is 0 Å². The van der Waals surface area contributed by atoms with Gasteiger partial charge in [0.05, 0.1) is 27.6 Å². The summed E-state index contributed by atoms with van der Waals surface area (Å²) < 4.78 is 5.98. The number of aliphatic carboxylic acids is 1. The largest absolute Gasteiger partial charge is 0.481 e. The molecule has 0 unspecified atom stereocenters. The first-order valence-electron chi connectivity index (χ1n) is 12.1. The smallest absolute Gasteiger partial charge is 0.307 e. The third-order valence-electron chi connectivity index (χ3n) is 5.09. The summed E-state index contributed by atoms with van der Waals surface area (Å²) in [5.41, 5.74) is 0. The van der Waals surface area contributed by atoms with E-state index in [9.17, 15) is 9.59 Å². The van der Waals surface area contributed by atoms with E-state index in [2.05, 4.69) is 19.1 Å². The summed E-state index contributed by atoms with van der Waals surface area (Å²) in [5.74, 6) is -1.20. The maximum absolute atomic E-state index is 12.0. The Morgan fingerprint density at radius 3 is 1.83 bits per heavy atom. The number of hydrogen-bond acceptors (Lipinski definition) is 3. The van der Waals surface area contributed by atoms with Gasteiger partial charge >= 0.3 is 11.9 Å². The van der Waals surface area contributed by atoms with Crippen molar-refractivity contribution >= 4 is 11.9 Å². The van der Waals surface area contributed by atoms with Crippen LogP contribution in [0, 0.1) is 0 Å². The highest BCUT2D eigenvalue weighted by Gasteiger charge is 2.24. The fourth-order valence-corrected chi connectivity index (χ4v) is 3.53. The van der Waals surface area contributed by atoms with Crippen molar-refractivity contribution in [2.24, 2.45) is 0 Å². The van der Waals surface area contributed by atoms with Gasteiger partial charge in [-0.2, -0.15) is 0 Å². The second-order valence-corrected chi connectivity index (χ2v) is 9.52. The lowest BCUT2D eigenvalue weighted by Gasteiger charge is -2.28. The third-order valence-corrected chi connectivity index (χ3v) is 5.09. The van der Waals surface area contributed by atoms with Crippen LogP contribution in [0.15, 0.2) is 12.2 Å². The van der Waals surface area contributed by atoms with Gasteiger partial charge in [-0.15, -0.1) is 0 Å². The Morgan fingerprint density at radius 1 is 0.833 bits per heavy atom. The zero-order chi connectivity index (χ0) is 22.7. The molecule has 0 rings (SSSR count). The van der Waals surface area contributed by atoms with E-state index in [1.807, 2.05) is 21.1 Å². The predicted molar refractivity (Wildman–Crippen MR) is 124 cm³/mol. The lowest BCUT2D eigenvalue weighted by atomic mass is 10.1. The first-order valence-corrected chi connectivity index (χ1v) is 12.1. The van der Waals surface area contributed by atoms with Gasteiger partial charge in [0.25, 0.3) is 0 Å². The minimum atomic E-state index is -0.928. The first kappa shape index (κ1) is 28.6. The van der Waals surface area contributed by atoms with Gasteiger partial charge in [0.15, 0.2) is 6.10 Å². The summed E-state index contributed by atoms with van der Waals surface area (Å²) in [6, 6.07) is 0. The number of carboxylic acids is 1. The van der Waals surface area contributed by atoms with Crippen molar-refractivity contribution in [3.63, 3.8) is 0 Å². The van der Waals surface area contributed by atoms with Gasteiger partial charge in [-0.25, -0.2) is 0 Å². The third kappa shape index (κ3) is 21.4. The van der Waals surface area contributed by atoms with Crippen LogP contribution >= 0.6 is 0 Å². The number of carbonyl (C=O) groups is 2. The maximum atomic E-state index is 12.0. The van der Waals surface area contributed by atoms with Crippen molar-refractivity contribution < 1.29 is 23.9 Å². The lowest BCUT2D eigenvalue weighted by Crippen LogP contribution is -2.43. The molecule has 30 heavy (non-hydrogen) atoms. The second-order valence-electron chi connectivity index (χ2n) is 9.52. The highest BCUT2D eigenvalue weighted by atomic mass is 16.5. The molecule has 0 heterocycles. The summed E-state index contributed by atoms with van der Waals surface area (Å²) in [4.78, 5) is 23.0. The number of nitrogens with zero attached hydrogens (tertiary/aromatic N) is 1. The van der Waals surface area contributed by atoms with E-state index >= 15 is 0 Å². The van der Waals surface area contributed by atoms with Gasteiger partial charge < -0.3 is 14.3 Å². The van der Waals surface area contributed by atoms with E-state index in [1.165, 1.54) is 57.8 Å². The summed E-state index contributed by atoms with van der Waals surface area (Å²) in [5, 5.41) is 9.01. The molecule has 0 aliphatic heterocycles. The van der Waals surface area contributed by atoms with Gasteiger partial charge in [-0.1, -0.05) is 70.4 Å². The number of ether oxygens (including phenoxy) is 1. The molecule has 0 bridgehead atoms. The van der Waals surface area contributed by atoms with Crippen LogP contribution in [0.1, 0.15) is 103 Å². The van der Waals surface area contributed by atoms with Gasteiger partial charge in [0.2, 0.25) is 0 Å². The maximum Gasteiger partial charge on any atom is 0.307 e. The van der Waals surface area contributed by atoms with Crippen molar-refractivity contribution in [3.05, 3.63) is 12.2 Å². The Hall–Kier alpha value is -1.36. The molecule has 0 aromatic heterocycles. The molecule has 1 atom stereocenters. The molecule has 1 N–H and O–H groups in total. The highest BCUT2D eigenvalue weighted by Crippen LogP contribution is 2.12. The average Bonchev–Trinajstić information content (AvgIpc) is 2.63. The number of rotatable bonds is 20.